The van der Waals surface area contributed by atoms with Crippen molar-refractivity contribution in [2.45, 2.75) is 13.0 Å². The first-order chi connectivity index (χ1) is 9.91. The second-order valence-corrected chi connectivity index (χ2v) is 5.62. The predicted molar refractivity (Wildman–Crippen MR) is 86.7 cm³/mol. The summed E-state index contributed by atoms with van der Waals surface area (Å²) in [5.74, 6) is -1.04. The Balaban J connectivity index is 2.40. The van der Waals surface area contributed by atoms with Crippen molar-refractivity contribution in [3.8, 4) is 0 Å². The second-order valence-electron chi connectivity index (χ2n) is 4.78. The SMILES string of the molecule is CC(c1ccc(Cl)cc1)N(C)c1cccc(Cl)c1C(=O)O. The maximum absolute atomic E-state index is 11.4. The van der Waals surface area contributed by atoms with Crippen LogP contribution in [0, 0.1) is 0 Å². The Hall–Kier alpha value is -1.71. The van der Waals surface area contributed by atoms with Crippen LogP contribution in [0.4, 0.5) is 5.69 Å². The smallest absolute Gasteiger partial charge is 0.339 e. The Bertz CT molecular complexity index is 656. The number of carboxylic acids is 1. The van der Waals surface area contributed by atoms with E-state index in [0.29, 0.717) is 10.7 Å². The zero-order chi connectivity index (χ0) is 15.6. The fraction of sp³-hybridized carbons (Fsp3) is 0.188. The van der Waals surface area contributed by atoms with Gasteiger partial charge in [-0.3, -0.25) is 0 Å². The molecule has 0 aliphatic heterocycles. The number of nitrogens with zero attached hydrogens (tertiary/aromatic N) is 1. The van der Waals surface area contributed by atoms with Crippen molar-refractivity contribution < 1.29 is 9.90 Å². The highest BCUT2D eigenvalue weighted by Crippen LogP contribution is 2.32. The van der Waals surface area contributed by atoms with Gasteiger partial charge in [0.05, 0.1) is 16.8 Å². The van der Waals surface area contributed by atoms with Gasteiger partial charge in [-0.05, 0) is 36.8 Å². The van der Waals surface area contributed by atoms with Gasteiger partial charge in [-0.15, -0.1) is 0 Å². The molecule has 0 saturated carbocycles. The standard InChI is InChI=1S/C16H15Cl2NO2/c1-10(11-6-8-12(17)9-7-11)19(2)14-5-3-4-13(18)15(14)16(20)21/h3-10H,1-2H3,(H,20,21). The molecule has 0 bridgehead atoms. The van der Waals surface area contributed by atoms with Crippen molar-refractivity contribution in [2.75, 3.05) is 11.9 Å². The number of anilines is 1. The fourth-order valence-corrected chi connectivity index (χ4v) is 2.57. The summed E-state index contributed by atoms with van der Waals surface area (Å²) < 4.78 is 0. The van der Waals surface area contributed by atoms with Gasteiger partial charge in [-0.1, -0.05) is 41.4 Å². The summed E-state index contributed by atoms with van der Waals surface area (Å²) in [5, 5.41) is 10.3. The summed E-state index contributed by atoms with van der Waals surface area (Å²) in [6.45, 7) is 2.00. The first-order valence-corrected chi connectivity index (χ1v) is 7.17. The average molecular weight is 324 g/mol. The summed E-state index contributed by atoms with van der Waals surface area (Å²) >= 11 is 11.9. The van der Waals surface area contributed by atoms with Crippen LogP contribution in [0.25, 0.3) is 0 Å². The number of aromatic carboxylic acids is 1. The molecule has 2 rings (SSSR count). The Morgan fingerprint density at radius 2 is 1.76 bits per heavy atom. The molecule has 1 atom stereocenters. The lowest BCUT2D eigenvalue weighted by Crippen LogP contribution is -2.23. The summed E-state index contributed by atoms with van der Waals surface area (Å²) in [6, 6.07) is 12.5. The van der Waals surface area contributed by atoms with Crippen molar-refractivity contribution in [1.82, 2.24) is 0 Å². The molecule has 0 spiro atoms. The second kappa shape index (κ2) is 6.37. The van der Waals surface area contributed by atoms with E-state index in [1.807, 2.05) is 43.1 Å². The van der Waals surface area contributed by atoms with Crippen LogP contribution in [0.2, 0.25) is 10.0 Å². The molecule has 0 saturated heterocycles. The normalized spacial score (nSPS) is 12.0. The minimum Gasteiger partial charge on any atom is -0.478 e. The summed E-state index contributed by atoms with van der Waals surface area (Å²) in [5.41, 5.74) is 1.73. The molecule has 0 fully saturated rings. The van der Waals surface area contributed by atoms with E-state index in [2.05, 4.69) is 0 Å². The van der Waals surface area contributed by atoms with Gasteiger partial charge in [0.15, 0.2) is 0 Å². The van der Waals surface area contributed by atoms with Gasteiger partial charge in [0, 0.05) is 12.1 Å². The maximum Gasteiger partial charge on any atom is 0.339 e. The summed E-state index contributed by atoms with van der Waals surface area (Å²) in [4.78, 5) is 13.3. The van der Waals surface area contributed by atoms with Crippen LogP contribution in [-0.4, -0.2) is 18.1 Å². The third kappa shape index (κ3) is 3.31. The molecule has 0 amide bonds. The van der Waals surface area contributed by atoms with Crippen LogP contribution in [0.1, 0.15) is 28.9 Å². The molecule has 0 aromatic heterocycles. The minimum absolute atomic E-state index is 0.0150. The molecule has 1 N–H and O–H groups in total. The number of hydrogen-bond donors (Lipinski definition) is 1. The van der Waals surface area contributed by atoms with Gasteiger partial charge in [0.1, 0.15) is 5.56 Å². The van der Waals surface area contributed by atoms with E-state index in [-0.39, 0.29) is 16.6 Å². The van der Waals surface area contributed by atoms with E-state index in [1.165, 1.54) is 0 Å². The van der Waals surface area contributed by atoms with Crippen LogP contribution >= 0.6 is 23.2 Å². The van der Waals surface area contributed by atoms with Gasteiger partial charge in [-0.2, -0.15) is 0 Å². The zero-order valence-electron chi connectivity index (χ0n) is 11.7. The van der Waals surface area contributed by atoms with Gasteiger partial charge in [0.2, 0.25) is 0 Å². The van der Waals surface area contributed by atoms with Crippen molar-refractivity contribution in [3.63, 3.8) is 0 Å². The molecule has 2 aromatic rings. The Morgan fingerprint density at radius 3 is 2.33 bits per heavy atom. The minimum atomic E-state index is -1.04. The molecule has 110 valence electrons. The van der Waals surface area contributed by atoms with E-state index in [9.17, 15) is 9.90 Å². The topological polar surface area (TPSA) is 40.5 Å². The highest BCUT2D eigenvalue weighted by Gasteiger charge is 2.20. The van der Waals surface area contributed by atoms with Gasteiger partial charge in [-0.25, -0.2) is 4.79 Å². The third-order valence-corrected chi connectivity index (χ3v) is 4.09. The Labute approximate surface area is 133 Å². The Kier molecular flexibility index (Phi) is 4.76. The van der Waals surface area contributed by atoms with Gasteiger partial charge < -0.3 is 10.0 Å². The summed E-state index contributed by atoms with van der Waals surface area (Å²) in [7, 11) is 1.84. The van der Waals surface area contributed by atoms with Crippen molar-refractivity contribution in [2.24, 2.45) is 0 Å². The van der Waals surface area contributed by atoms with Crippen molar-refractivity contribution in [3.05, 3.63) is 63.6 Å². The lowest BCUT2D eigenvalue weighted by Gasteiger charge is -2.29. The molecule has 1 unspecified atom stereocenters. The van der Waals surface area contributed by atoms with Crippen LogP contribution in [0.5, 0.6) is 0 Å². The van der Waals surface area contributed by atoms with E-state index >= 15 is 0 Å². The van der Waals surface area contributed by atoms with Crippen LogP contribution in [0.15, 0.2) is 42.5 Å². The largest absolute Gasteiger partial charge is 0.478 e. The van der Waals surface area contributed by atoms with E-state index in [1.54, 1.807) is 18.2 Å². The number of carbonyl (C=O) groups is 1. The fourth-order valence-electron chi connectivity index (χ4n) is 2.19. The third-order valence-electron chi connectivity index (χ3n) is 3.52. The zero-order valence-corrected chi connectivity index (χ0v) is 13.2. The first kappa shape index (κ1) is 15.7. The van der Waals surface area contributed by atoms with Gasteiger partial charge >= 0.3 is 5.97 Å². The molecule has 0 aliphatic carbocycles. The number of rotatable bonds is 4. The van der Waals surface area contributed by atoms with Gasteiger partial charge in [0.25, 0.3) is 0 Å². The molecule has 2 aromatic carbocycles. The first-order valence-electron chi connectivity index (χ1n) is 6.42. The van der Waals surface area contributed by atoms with Crippen LogP contribution < -0.4 is 4.90 Å². The molecular formula is C16H15Cl2NO2. The summed E-state index contributed by atoms with van der Waals surface area (Å²) in [6.07, 6.45) is 0. The van der Waals surface area contributed by atoms with Crippen molar-refractivity contribution >= 4 is 34.9 Å². The highest BCUT2D eigenvalue weighted by molar-refractivity contribution is 6.34. The number of hydrogen-bond acceptors (Lipinski definition) is 2. The molecule has 3 nitrogen and oxygen atoms in total. The number of carboxylic acid groups (broad SMARTS) is 1. The quantitative estimate of drug-likeness (QED) is 0.870. The van der Waals surface area contributed by atoms with E-state index in [4.69, 9.17) is 23.2 Å². The molecule has 0 radical (unpaired) electrons. The van der Waals surface area contributed by atoms with Crippen molar-refractivity contribution in [1.29, 1.82) is 0 Å². The molecule has 5 heteroatoms. The number of halogens is 2. The molecule has 0 heterocycles. The highest BCUT2D eigenvalue weighted by atomic mass is 35.5. The molecule has 0 aliphatic rings. The lowest BCUT2D eigenvalue weighted by molar-refractivity contribution is 0.0697. The predicted octanol–water partition coefficient (Wildman–Crippen LogP) is 4.89. The van der Waals surface area contributed by atoms with E-state index in [0.717, 1.165) is 5.56 Å². The monoisotopic (exact) mass is 323 g/mol. The molecule has 21 heavy (non-hydrogen) atoms. The Morgan fingerprint density at radius 1 is 1.14 bits per heavy atom. The maximum atomic E-state index is 11.4. The molecular weight excluding hydrogens is 309 g/mol. The number of benzene rings is 2. The average Bonchev–Trinajstić information content (AvgIpc) is 2.46. The lowest BCUT2D eigenvalue weighted by atomic mass is 10.1. The van der Waals surface area contributed by atoms with E-state index < -0.39 is 5.97 Å². The van der Waals surface area contributed by atoms with Crippen LogP contribution in [-0.2, 0) is 0 Å². The van der Waals surface area contributed by atoms with Crippen LogP contribution in [0.3, 0.4) is 0 Å².